The normalized spacial score (nSPS) is 10.0. The van der Waals surface area contributed by atoms with E-state index in [1.807, 2.05) is 13.0 Å². The van der Waals surface area contributed by atoms with Crippen LogP contribution in [0, 0.1) is 0 Å². The second-order valence-corrected chi connectivity index (χ2v) is 3.14. The van der Waals surface area contributed by atoms with Crippen molar-refractivity contribution in [3.8, 4) is 5.75 Å². The maximum absolute atomic E-state index is 5.53. The third-order valence-corrected chi connectivity index (χ3v) is 2.07. The van der Waals surface area contributed by atoms with Crippen LogP contribution in [0.1, 0.15) is 32.3 Å². The zero-order chi connectivity index (χ0) is 9.52. The quantitative estimate of drug-likeness (QED) is 0.671. The predicted molar refractivity (Wildman–Crippen MR) is 56.2 cm³/mol. The number of hydrogen-bond donors (Lipinski definition) is 0. The molecule has 0 aliphatic carbocycles. The van der Waals surface area contributed by atoms with E-state index < -0.39 is 0 Å². The second-order valence-electron chi connectivity index (χ2n) is 3.14. The van der Waals surface area contributed by atoms with Gasteiger partial charge in [0.05, 0.1) is 6.61 Å². The smallest absolute Gasteiger partial charge is 0.122 e. The molecule has 72 valence electrons. The van der Waals surface area contributed by atoms with Crippen molar-refractivity contribution in [3.63, 3.8) is 0 Å². The highest BCUT2D eigenvalue weighted by Crippen LogP contribution is 2.19. The number of rotatable bonds is 5. The standard InChI is InChI=1S/C12H18O/c1-3-5-8-11-9-6-7-10-12(11)13-4-2/h6-7,9-10H,3-5,8H2,1-2H3. The Labute approximate surface area is 80.7 Å². The molecule has 0 heterocycles. The molecular weight excluding hydrogens is 160 g/mol. The van der Waals surface area contributed by atoms with Crippen LogP contribution < -0.4 is 4.74 Å². The fourth-order valence-electron chi connectivity index (χ4n) is 1.37. The molecule has 0 unspecified atom stereocenters. The minimum atomic E-state index is 0.753. The van der Waals surface area contributed by atoms with Crippen LogP contribution in [0.15, 0.2) is 24.3 Å². The van der Waals surface area contributed by atoms with Crippen LogP contribution in [0.3, 0.4) is 0 Å². The van der Waals surface area contributed by atoms with E-state index in [-0.39, 0.29) is 0 Å². The number of hydrogen-bond acceptors (Lipinski definition) is 1. The molecule has 0 saturated carbocycles. The van der Waals surface area contributed by atoms with Crippen LogP contribution in [0.25, 0.3) is 0 Å². The maximum Gasteiger partial charge on any atom is 0.122 e. The summed E-state index contributed by atoms with van der Waals surface area (Å²) in [6.07, 6.45) is 3.61. The highest BCUT2D eigenvalue weighted by molar-refractivity contribution is 5.33. The molecule has 0 aliphatic rings. The molecule has 0 fully saturated rings. The third-order valence-electron chi connectivity index (χ3n) is 2.07. The van der Waals surface area contributed by atoms with Gasteiger partial charge in [0.25, 0.3) is 0 Å². The molecule has 1 aromatic carbocycles. The number of benzene rings is 1. The van der Waals surface area contributed by atoms with Gasteiger partial charge < -0.3 is 4.74 Å². The fourth-order valence-corrected chi connectivity index (χ4v) is 1.37. The van der Waals surface area contributed by atoms with Crippen LogP contribution in [0.5, 0.6) is 5.75 Å². The molecule has 1 aromatic rings. The first-order valence-electron chi connectivity index (χ1n) is 5.09. The van der Waals surface area contributed by atoms with Gasteiger partial charge in [-0.15, -0.1) is 0 Å². The van der Waals surface area contributed by atoms with E-state index in [2.05, 4.69) is 25.1 Å². The van der Waals surface area contributed by atoms with Gasteiger partial charge in [-0.3, -0.25) is 0 Å². The Balaban J connectivity index is 2.66. The molecule has 0 N–H and O–H groups in total. The van der Waals surface area contributed by atoms with E-state index in [1.54, 1.807) is 0 Å². The molecule has 0 radical (unpaired) electrons. The van der Waals surface area contributed by atoms with Crippen molar-refractivity contribution in [2.24, 2.45) is 0 Å². The van der Waals surface area contributed by atoms with Crippen molar-refractivity contribution < 1.29 is 4.74 Å². The summed E-state index contributed by atoms with van der Waals surface area (Å²) in [6, 6.07) is 8.31. The monoisotopic (exact) mass is 178 g/mol. The van der Waals surface area contributed by atoms with Gasteiger partial charge in [-0.1, -0.05) is 31.5 Å². The van der Waals surface area contributed by atoms with Crippen LogP contribution >= 0.6 is 0 Å². The topological polar surface area (TPSA) is 9.23 Å². The fraction of sp³-hybridized carbons (Fsp3) is 0.500. The molecule has 0 aliphatic heterocycles. The highest BCUT2D eigenvalue weighted by Gasteiger charge is 2.00. The lowest BCUT2D eigenvalue weighted by Gasteiger charge is -2.08. The Kier molecular flexibility index (Phi) is 4.37. The van der Waals surface area contributed by atoms with Gasteiger partial charge in [-0.25, -0.2) is 0 Å². The highest BCUT2D eigenvalue weighted by atomic mass is 16.5. The van der Waals surface area contributed by atoms with E-state index in [9.17, 15) is 0 Å². The number of para-hydroxylation sites is 1. The van der Waals surface area contributed by atoms with Gasteiger partial charge in [-0.2, -0.15) is 0 Å². The van der Waals surface area contributed by atoms with Crippen molar-refractivity contribution >= 4 is 0 Å². The van der Waals surface area contributed by atoms with Crippen LogP contribution in [-0.2, 0) is 6.42 Å². The van der Waals surface area contributed by atoms with E-state index in [1.165, 1.54) is 18.4 Å². The van der Waals surface area contributed by atoms with Gasteiger partial charge in [0.15, 0.2) is 0 Å². The molecule has 0 aromatic heterocycles. The molecule has 0 bridgehead atoms. The Bertz CT molecular complexity index is 243. The zero-order valence-electron chi connectivity index (χ0n) is 8.55. The molecule has 0 amide bonds. The van der Waals surface area contributed by atoms with Crippen molar-refractivity contribution in [3.05, 3.63) is 29.8 Å². The Hall–Kier alpha value is -0.980. The van der Waals surface area contributed by atoms with Crippen molar-refractivity contribution in [1.82, 2.24) is 0 Å². The van der Waals surface area contributed by atoms with E-state index >= 15 is 0 Å². The average Bonchev–Trinajstić information content (AvgIpc) is 2.17. The minimum Gasteiger partial charge on any atom is -0.494 e. The van der Waals surface area contributed by atoms with Crippen LogP contribution in [0.4, 0.5) is 0 Å². The number of ether oxygens (including phenoxy) is 1. The predicted octanol–water partition coefficient (Wildman–Crippen LogP) is 3.43. The molecule has 1 nitrogen and oxygen atoms in total. The minimum absolute atomic E-state index is 0.753. The van der Waals surface area contributed by atoms with E-state index in [0.29, 0.717) is 0 Å². The lowest BCUT2D eigenvalue weighted by molar-refractivity contribution is 0.336. The summed E-state index contributed by atoms with van der Waals surface area (Å²) in [5, 5.41) is 0. The number of aryl methyl sites for hydroxylation is 1. The first kappa shape index (κ1) is 10.1. The van der Waals surface area contributed by atoms with Gasteiger partial charge in [0.2, 0.25) is 0 Å². The largest absolute Gasteiger partial charge is 0.494 e. The number of unbranched alkanes of at least 4 members (excludes halogenated alkanes) is 1. The summed E-state index contributed by atoms with van der Waals surface area (Å²) < 4.78 is 5.53. The lowest BCUT2D eigenvalue weighted by atomic mass is 10.1. The Morgan fingerprint density at radius 3 is 2.62 bits per heavy atom. The van der Waals surface area contributed by atoms with Gasteiger partial charge in [0, 0.05) is 0 Å². The molecule has 13 heavy (non-hydrogen) atoms. The van der Waals surface area contributed by atoms with Crippen molar-refractivity contribution in [2.75, 3.05) is 6.61 Å². The Morgan fingerprint density at radius 1 is 1.15 bits per heavy atom. The summed E-state index contributed by atoms with van der Waals surface area (Å²) in [6.45, 7) is 4.99. The van der Waals surface area contributed by atoms with Gasteiger partial charge >= 0.3 is 0 Å². The molecule has 0 spiro atoms. The summed E-state index contributed by atoms with van der Waals surface area (Å²) in [7, 11) is 0. The maximum atomic E-state index is 5.53. The third kappa shape index (κ3) is 3.10. The zero-order valence-corrected chi connectivity index (χ0v) is 8.55. The van der Waals surface area contributed by atoms with Crippen LogP contribution in [0.2, 0.25) is 0 Å². The molecule has 0 saturated heterocycles. The molecule has 0 atom stereocenters. The first-order valence-corrected chi connectivity index (χ1v) is 5.09. The molecule has 1 rings (SSSR count). The second kappa shape index (κ2) is 5.63. The SMILES string of the molecule is CCCCc1ccccc1OCC. The summed E-state index contributed by atoms with van der Waals surface area (Å²) >= 11 is 0. The van der Waals surface area contributed by atoms with Gasteiger partial charge in [0.1, 0.15) is 5.75 Å². The van der Waals surface area contributed by atoms with E-state index in [4.69, 9.17) is 4.74 Å². The van der Waals surface area contributed by atoms with E-state index in [0.717, 1.165) is 18.8 Å². The first-order chi connectivity index (χ1) is 6.38. The van der Waals surface area contributed by atoms with Crippen molar-refractivity contribution in [2.45, 2.75) is 33.1 Å². The summed E-state index contributed by atoms with van der Waals surface area (Å²) in [4.78, 5) is 0. The van der Waals surface area contributed by atoms with Crippen molar-refractivity contribution in [1.29, 1.82) is 0 Å². The molecule has 1 heteroatoms. The van der Waals surface area contributed by atoms with Gasteiger partial charge in [-0.05, 0) is 31.4 Å². The van der Waals surface area contributed by atoms with Crippen LogP contribution in [-0.4, -0.2) is 6.61 Å². The lowest BCUT2D eigenvalue weighted by Crippen LogP contribution is -1.96. The average molecular weight is 178 g/mol. The summed E-state index contributed by atoms with van der Waals surface area (Å²) in [5.74, 6) is 1.05. The molecular formula is C12H18O. The summed E-state index contributed by atoms with van der Waals surface area (Å²) in [5.41, 5.74) is 1.34. The Morgan fingerprint density at radius 2 is 1.92 bits per heavy atom.